The molecule has 0 unspecified atom stereocenters. The minimum absolute atomic E-state index is 1.15. The van der Waals surface area contributed by atoms with Crippen LogP contribution in [0.1, 0.15) is 45.4 Å². The molecule has 1 aliphatic heterocycles. The average Bonchev–Trinajstić information content (AvgIpc) is 2.58. The van der Waals surface area contributed by atoms with Crippen LogP contribution >= 0.6 is 0 Å². The van der Waals surface area contributed by atoms with Crippen molar-refractivity contribution in [3.05, 3.63) is 0 Å². The molecule has 0 bridgehead atoms. The Kier molecular flexibility index (Phi) is 6.15. The molecule has 1 rings (SSSR count). The van der Waals surface area contributed by atoms with Gasteiger partial charge in [-0.1, -0.05) is 39.0 Å². The Morgan fingerprint density at radius 2 is 1.71 bits per heavy atom. The maximum atomic E-state index is 3.32. The molecule has 1 aliphatic rings. The third-order valence-corrected chi connectivity index (χ3v) is 2.80. The van der Waals surface area contributed by atoms with Gasteiger partial charge < -0.3 is 0 Å². The van der Waals surface area contributed by atoms with E-state index >= 15 is 0 Å². The fourth-order valence-corrected chi connectivity index (χ4v) is 1.86. The van der Waals surface area contributed by atoms with Crippen molar-refractivity contribution >= 4 is 0 Å². The zero-order chi connectivity index (χ0) is 10.2. The van der Waals surface area contributed by atoms with Crippen molar-refractivity contribution in [1.29, 1.82) is 0 Å². The Labute approximate surface area is 88.4 Å². The lowest BCUT2D eigenvalue weighted by molar-refractivity contribution is 0.141. The number of hydrazine groups is 2. The zero-order valence-electron chi connectivity index (χ0n) is 9.76. The third-order valence-electron chi connectivity index (χ3n) is 2.80. The first-order chi connectivity index (χ1) is 6.83. The van der Waals surface area contributed by atoms with Crippen molar-refractivity contribution < 1.29 is 0 Å². The number of hydrogen-bond donors (Lipinski definition) is 1. The van der Waals surface area contributed by atoms with Gasteiger partial charge in [0.25, 0.3) is 0 Å². The summed E-state index contributed by atoms with van der Waals surface area (Å²) in [4.78, 5) is 0. The van der Waals surface area contributed by atoms with Gasteiger partial charge in [-0.05, 0) is 6.42 Å². The molecule has 84 valence electrons. The quantitative estimate of drug-likeness (QED) is 0.633. The van der Waals surface area contributed by atoms with Crippen LogP contribution in [-0.2, 0) is 0 Å². The molecule has 3 nitrogen and oxygen atoms in total. The lowest BCUT2D eigenvalue weighted by Gasteiger charge is -2.16. The Balaban J connectivity index is 1.84. The molecule has 1 fully saturated rings. The average molecular weight is 199 g/mol. The molecule has 0 aromatic heterocycles. The highest BCUT2D eigenvalue weighted by molar-refractivity contribution is 4.60. The Morgan fingerprint density at radius 3 is 2.36 bits per heavy atom. The van der Waals surface area contributed by atoms with Gasteiger partial charge in [-0.3, -0.25) is 0 Å². The number of rotatable bonds is 7. The SMILES string of the molecule is CCCCCCCCN1CCN(C)N1. The van der Waals surface area contributed by atoms with E-state index in [0.29, 0.717) is 0 Å². The lowest BCUT2D eigenvalue weighted by Crippen LogP contribution is -2.37. The van der Waals surface area contributed by atoms with Crippen LogP contribution < -0.4 is 5.53 Å². The van der Waals surface area contributed by atoms with Crippen LogP contribution in [-0.4, -0.2) is 36.7 Å². The number of nitrogens with one attached hydrogen (secondary N) is 1. The molecule has 0 amide bonds. The van der Waals surface area contributed by atoms with Crippen LogP contribution in [0.25, 0.3) is 0 Å². The van der Waals surface area contributed by atoms with E-state index in [9.17, 15) is 0 Å². The van der Waals surface area contributed by atoms with Crippen molar-refractivity contribution in [1.82, 2.24) is 15.6 Å². The molecule has 0 aromatic rings. The molecular weight excluding hydrogens is 174 g/mol. The number of unbranched alkanes of at least 4 members (excludes halogenated alkanes) is 5. The minimum atomic E-state index is 1.15. The van der Waals surface area contributed by atoms with Gasteiger partial charge >= 0.3 is 0 Å². The first-order valence-corrected chi connectivity index (χ1v) is 6.05. The molecule has 3 heteroatoms. The predicted octanol–water partition coefficient (Wildman–Crippen LogP) is 2.01. The molecule has 0 aliphatic carbocycles. The molecule has 1 saturated heterocycles. The molecular formula is C11H25N3. The molecule has 14 heavy (non-hydrogen) atoms. The number of nitrogens with zero attached hydrogens (tertiary/aromatic N) is 2. The molecule has 0 radical (unpaired) electrons. The van der Waals surface area contributed by atoms with Gasteiger partial charge in [-0.15, -0.1) is 0 Å². The monoisotopic (exact) mass is 199 g/mol. The molecule has 0 aromatic carbocycles. The summed E-state index contributed by atoms with van der Waals surface area (Å²) in [5.74, 6) is 0. The van der Waals surface area contributed by atoms with E-state index in [1.165, 1.54) is 51.6 Å². The molecule has 0 atom stereocenters. The fourth-order valence-electron chi connectivity index (χ4n) is 1.86. The summed E-state index contributed by atoms with van der Waals surface area (Å²) < 4.78 is 0. The Morgan fingerprint density at radius 1 is 1.00 bits per heavy atom. The van der Waals surface area contributed by atoms with Crippen molar-refractivity contribution in [2.45, 2.75) is 45.4 Å². The summed E-state index contributed by atoms with van der Waals surface area (Å²) >= 11 is 0. The first-order valence-electron chi connectivity index (χ1n) is 6.05. The van der Waals surface area contributed by atoms with Crippen LogP contribution in [0.3, 0.4) is 0 Å². The van der Waals surface area contributed by atoms with Gasteiger partial charge in [-0.25, -0.2) is 10.0 Å². The second-order valence-electron chi connectivity index (χ2n) is 4.28. The molecule has 0 spiro atoms. The Hall–Kier alpha value is -0.120. The second kappa shape index (κ2) is 7.21. The van der Waals surface area contributed by atoms with Crippen molar-refractivity contribution in [2.24, 2.45) is 0 Å². The van der Waals surface area contributed by atoms with Crippen LogP contribution in [0.15, 0.2) is 0 Å². The van der Waals surface area contributed by atoms with E-state index in [0.717, 1.165) is 6.54 Å². The highest BCUT2D eigenvalue weighted by Gasteiger charge is 2.13. The van der Waals surface area contributed by atoms with Gasteiger partial charge in [-0.2, -0.15) is 5.53 Å². The van der Waals surface area contributed by atoms with Crippen LogP contribution in [0, 0.1) is 0 Å². The van der Waals surface area contributed by atoms with Crippen LogP contribution in [0.5, 0.6) is 0 Å². The normalized spacial score (nSPS) is 19.3. The molecule has 0 saturated carbocycles. The summed E-state index contributed by atoms with van der Waals surface area (Å²) in [5, 5.41) is 4.47. The standard InChI is InChI=1S/C11H25N3/c1-3-4-5-6-7-8-9-14-11-10-13(2)12-14/h12H,3-11H2,1-2H3. The summed E-state index contributed by atoms with van der Waals surface area (Å²) in [5.41, 5.74) is 3.32. The largest absolute Gasteiger partial charge is 0.232 e. The summed E-state index contributed by atoms with van der Waals surface area (Å²) in [7, 11) is 2.10. The van der Waals surface area contributed by atoms with Crippen molar-refractivity contribution in [3.63, 3.8) is 0 Å². The molecule has 1 N–H and O–H groups in total. The second-order valence-corrected chi connectivity index (χ2v) is 4.28. The maximum Gasteiger partial charge on any atom is 0.0286 e. The minimum Gasteiger partial charge on any atom is -0.232 e. The van der Waals surface area contributed by atoms with Gasteiger partial charge in [0.2, 0.25) is 0 Å². The zero-order valence-corrected chi connectivity index (χ0v) is 9.76. The molecule has 1 heterocycles. The van der Waals surface area contributed by atoms with E-state index < -0.39 is 0 Å². The third kappa shape index (κ3) is 4.94. The van der Waals surface area contributed by atoms with E-state index in [1.54, 1.807) is 0 Å². The van der Waals surface area contributed by atoms with Crippen LogP contribution in [0.4, 0.5) is 0 Å². The fraction of sp³-hybridized carbons (Fsp3) is 1.00. The van der Waals surface area contributed by atoms with Crippen LogP contribution in [0.2, 0.25) is 0 Å². The van der Waals surface area contributed by atoms with Gasteiger partial charge in [0.1, 0.15) is 0 Å². The maximum absolute atomic E-state index is 3.32. The number of likely N-dealkylation sites (N-methyl/N-ethyl adjacent to an activating group) is 1. The van der Waals surface area contributed by atoms with Gasteiger partial charge in [0.15, 0.2) is 0 Å². The van der Waals surface area contributed by atoms with E-state index in [2.05, 4.69) is 29.5 Å². The lowest BCUT2D eigenvalue weighted by atomic mass is 10.1. The highest BCUT2D eigenvalue weighted by atomic mass is 15.8. The first kappa shape index (κ1) is 12.0. The van der Waals surface area contributed by atoms with Gasteiger partial charge in [0, 0.05) is 26.7 Å². The topological polar surface area (TPSA) is 18.5 Å². The van der Waals surface area contributed by atoms with E-state index in [-0.39, 0.29) is 0 Å². The Bertz CT molecular complexity index is 138. The smallest absolute Gasteiger partial charge is 0.0286 e. The predicted molar refractivity (Wildman–Crippen MR) is 60.7 cm³/mol. The summed E-state index contributed by atoms with van der Waals surface area (Å²) in [6.45, 7) is 5.79. The highest BCUT2D eigenvalue weighted by Crippen LogP contribution is 2.06. The summed E-state index contributed by atoms with van der Waals surface area (Å²) in [6, 6.07) is 0. The van der Waals surface area contributed by atoms with Gasteiger partial charge in [0.05, 0.1) is 0 Å². The van der Waals surface area contributed by atoms with Crippen molar-refractivity contribution in [3.8, 4) is 0 Å². The number of hydrogen-bond acceptors (Lipinski definition) is 3. The van der Waals surface area contributed by atoms with Crippen molar-refractivity contribution in [2.75, 3.05) is 26.7 Å². The summed E-state index contributed by atoms with van der Waals surface area (Å²) in [6.07, 6.45) is 8.32. The van der Waals surface area contributed by atoms with E-state index in [1.807, 2.05) is 0 Å². The van der Waals surface area contributed by atoms with E-state index in [4.69, 9.17) is 0 Å².